The van der Waals surface area contributed by atoms with E-state index in [1.54, 1.807) is 11.9 Å². The van der Waals surface area contributed by atoms with Gasteiger partial charge in [-0.1, -0.05) is 18.2 Å². The van der Waals surface area contributed by atoms with Crippen LogP contribution in [-0.2, 0) is 14.3 Å². The first-order valence-corrected chi connectivity index (χ1v) is 7.43. The van der Waals surface area contributed by atoms with Gasteiger partial charge in [-0.05, 0) is 18.6 Å². The standard InChI is InChI=1S/C16H23N3O3/c1-18(15(20)10-13(11-17)22-2)14-8-9-19(16(14)21)12-6-4-3-5-7-12/h3-7,13-14H,8-11,17H2,1-2H3. The first-order chi connectivity index (χ1) is 10.6. The van der Waals surface area contributed by atoms with Gasteiger partial charge in [-0.2, -0.15) is 0 Å². The van der Waals surface area contributed by atoms with Crippen molar-refractivity contribution in [3.05, 3.63) is 30.3 Å². The van der Waals surface area contributed by atoms with Crippen LogP contribution in [-0.4, -0.2) is 56.1 Å². The normalized spacial score (nSPS) is 19.3. The van der Waals surface area contributed by atoms with Gasteiger partial charge in [0, 0.05) is 32.9 Å². The molecule has 1 aromatic carbocycles. The highest BCUT2D eigenvalue weighted by atomic mass is 16.5. The molecule has 6 heteroatoms. The fourth-order valence-electron chi connectivity index (χ4n) is 2.66. The quantitative estimate of drug-likeness (QED) is 0.835. The summed E-state index contributed by atoms with van der Waals surface area (Å²) in [7, 11) is 3.20. The minimum atomic E-state index is -0.414. The molecule has 0 saturated carbocycles. The summed E-state index contributed by atoms with van der Waals surface area (Å²) in [5, 5.41) is 0. The molecule has 2 unspecified atom stereocenters. The number of carbonyl (C=O) groups is 2. The first kappa shape index (κ1) is 16.5. The van der Waals surface area contributed by atoms with Crippen molar-refractivity contribution in [3.63, 3.8) is 0 Å². The molecular weight excluding hydrogens is 282 g/mol. The van der Waals surface area contributed by atoms with Crippen LogP contribution >= 0.6 is 0 Å². The van der Waals surface area contributed by atoms with Crippen LogP contribution in [0, 0.1) is 0 Å². The molecule has 22 heavy (non-hydrogen) atoms. The molecule has 2 atom stereocenters. The van der Waals surface area contributed by atoms with Gasteiger partial charge in [-0.25, -0.2) is 0 Å². The van der Waals surface area contributed by atoms with E-state index in [1.165, 1.54) is 12.0 Å². The second-order valence-electron chi connectivity index (χ2n) is 5.43. The minimum absolute atomic E-state index is 0.0382. The molecule has 2 rings (SSSR count). The molecule has 1 aromatic rings. The van der Waals surface area contributed by atoms with Crippen molar-refractivity contribution in [1.82, 2.24) is 4.90 Å². The zero-order chi connectivity index (χ0) is 16.1. The van der Waals surface area contributed by atoms with Crippen LogP contribution in [0.25, 0.3) is 0 Å². The van der Waals surface area contributed by atoms with E-state index in [9.17, 15) is 9.59 Å². The van der Waals surface area contributed by atoms with E-state index in [-0.39, 0.29) is 30.9 Å². The highest BCUT2D eigenvalue weighted by molar-refractivity contribution is 6.01. The Balaban J connectivity index is 2.01. The second kappa shape index (κ2) is 7.38. The van der Waals surface area contributed by atoms with Gasteiger partial charge in [0.25, 0.3) is 0 Å². The number of para-hydroxylation sites is 1. The molecule has 0 aliphatic carbocycles. The van der Waals surface area contributed by atoms with Crippen molar-refractivity contribution in [2.75, 3.05) is 32.1 Å². The van der Waals surface area contributed by atoms with Gasteiger partial charge in [0.2, 0.25) is 11.8 Å². The summed E-state index contributed by atoms with van der Waals surface area (Å²) in [5.41, 5.74) is 6.41. The molecule has 120 valence electrons. The number of methoxy groups -OCH3 is 1. The van der Waals surface area contributed by atoms with Crippen molar-refractivity contribution < 1.29 is 14.3 Å². The van der Waals surface area contributed by atoms with Crippen LogP contribution in [0.2, 0.25) is 0 Å². The average Bonchev–Trinajstić information content (AvgIpc) is 2.94. The lowest BCUT2D eigenvalue weighted by Crippen LogP contribution is -2.44. The first-order valence-electron chi connectivity index (χ1n) is 7.43. The molecule has 1 fully saturated rings. The second-order valence-corrected chi connectivity index (χ2v) is 5.43. The van der Waals surface area contributed by atoms with Gasteiger partial charge in [0.1, 0.15) is 6.04 Å². The fraction of sp³-hybridized carbons (Fsp3) is 0.500. The number of ether oxygens (including phenoxy) is 1. The Hall–Kier alpha value is -1.92. The van der Waals surface area contributed by atoms with Crippen LogP contribution in [0.5, 0.6) is 0 Å². The topological polar surface area (TPSA) is 75.9 Å². The number of nitrogens with two attached hydrogens (primary N) is 1. The van der Waals surface area contributed by atoms with E-state index < -0.39 is 6.04 Å². The van der Waals surface area contributed by atoms with E-state index >= 15 is 0 Å². The summed E-state index contributed by atoms with van der Waals surface area (Å²) in [4.78, 5) is 28.1. The number of benzene rings is 1. The van der Waals surface area contributed by atoms with Gasteiger partial charge in [0.05, 0.1) is 12.5 Å². The molecule has 0 radical (unpaired) electrons. The zero-order valence-electron chi connectivity index (χ0n) is 13.1. The number of nitrogens with zero attached hydrogens (tertiary/aromatic N) is 2. The van der Waals surface area contributed by atoms with Crippen LogP contribution in [0.4, 0.5) is 5.69 Å². The number of likely N-dealkylation sites (N-methyl/N-ethyl adjacent to an activating group) is 1. The zero-order valence-corrected chi connectivity index (χ0v) is 13.1. The highest BCUT2D eigenvalue weighted by Crippen LogP contribution is 2.24. The summed E-state index contributed by atoms with van der Waals surface area (Å²) in [6, 6.07) is 9.09. The summed E-state index contributed by atoms with van der Waals surface area (Å²) in [6.07, 6.45) is 0.520. The third kappa shape index (κ3) is 3.45. The number of rotatable bonds is 6. The predicted octanol–water partition coefficient (Wildman–Crippen LogP) is 0.614. The van der Waals surface area contributed by atoms with Gasteiger partial charge in [0.15, 0.2) is 0 Å². The van der Waals surface area contributed by atoms with Crippen molar-refractivity contribution in [3.8, 4) is 0 Å². The molecule has 0 spiro atoms. The van der Waals surface area contributed by atoms with Gasteiger partial charge in [-0.3, -0.25) is 9.59 Å². The summed E-state index contributed by atoms with van der Waals surface area (Å²) >= 11 is 0. The molecule has 0 aromatic heterocycles. The maximum Gasteiger partial charge on any atom is 0.249 e. The Kier molecular flexibility index (Phi) is 5.51. The average molecular weight is 305 g/mol. The Labute approximate surface area is 130 Å². The van der Waals surface area contributed by atoms with E-state index in [2.05, 4.69) is 0 Å². The lowest BCUT2D eigenvalue weighted by atomic mass is 10.1. The lowest BCUT2D eigenvalue weighted by molar-refractivity contribution is -0.138. The minimum Gasteiger partial charge on any atom is -0.380 e. The summed E-state index contributed by atoms with van der Waals surface area (Å²) in [6.45, 7) is 0.903. The van der Waals surface area contributed by atoms with Crippen LogP contribution in [0.3, 0.4) is 0 Å². The summed E-state index contributed by atoms with van der Waals surface area (Å²) in [5.74, 6) is -0.158. The molecule has 1 heterocycles. The van der Waals surface area contributed by atoms with Crippen molar-refractivity contribution in [1.29, 1.82) is 0 Å². The number of hydrogen-bond donors (Lipinski definition) is 1. The number of hydrogen-bond acceptors (Lipinski definition) is 4. The summed E-state index contributed by atoms with van der Waals surface area (Å²) < 4.78 is 5.13. The lowest BCUT2D eigenvalue weighted by Gasteiger charge is -2.25. The smallest absolute Gasteiger partial charge is 0.249 e. The van der Waals surface area contributed by atoms with E-state index in [0.29, 0.717) is 13.0 Å². The number of carbonyl (C=O) groups excluding carboxylic acids is 2. The van der Waals surface area contributed by atoms with Gasteiger partial charge >= 0.3 is 0 Å². The Bertz CT molecular complexity index is 517. The van der Waals surface area contributed by atoms with E-state index in [4.69, 9.17) is 10.5 Å². The monoisotopic (exact) mass is 305 g/mol. The molecule has 1 aliphatic rings. The largest absolute Gasteiger partial charge is 0.380 e. The molecular formula is C16H23N3O3. The Morgan fingerprint density at radius 1 is 1.45 bits per heavy atom. The van der Waals surface area contributed by atoms with E-state index in [0.717, 1.165) is 5.69 Å². The maximum absolute atomic E-state index is 12.6. The van der Waals surface area contributed by atoms with Crippen LogP contribution < -0.4 is 10.6 Å². The van der Waals surface area contributed by atoms with E-state index in [1.807, 2.05) is 30.3 Å². The van der Waals surface area contributed by atoms with Crippen molar-refractivity contribution in [2.24, 2.45) is 5.73 Å². The van der Waals surface area contributed by atoms with Crippen LogP contribution in [0.1, 0.15) is 12.8 Å². The number of amides is 2. The maximum atomic E-state index is 12.6. The van der Waals surface area contributed by atoms with Crippen molar-refractivity contribution in [2.45, 2.75) is 25.0 Å². The van der Waals surface area contributed by atoms with Gasteiger partial charge < -0.3 is 20.3 Å². The third-order valence-corrected chi connectivity index (χ3v) is 4.10. The third-order valence-electron chi connectivity index (χ3n) is 4.10. The molecule has 0 bridgehead atoms. The van der Waals surface area contributed by atoms with Gasteiger partial charge in [-0.15, -0.1) is 0 Å². The molecule has 2 amide bonds. The molecule has 2 N–H and O–H groups in total. The Morgan fingerprint density at radius 3 is 2.73 bits per heavy atom. The predicted molar refractivity (Wildman–Crippen MR) is 84.4 cm³/mol. The SMILES string of the molecule is COC(CN)CC(=O)N(C)C1CCN(c2ccccc2)C1=O. The molecule has 1 aliphatic heterocycles. The Morgan fingerprint density at radius 2 is 2.14 bits per heavy atom. The molecule has 1 saturated heterocycles. The van der Waals surface area contributed by atoms with Crippen LogP contribution in [0.15, 0.2) is 30.3 Å². The number of anilines is 1. The fourth-order valence-corrected chi connectivity index (χ4v) is 2.66. The van der Waals surface area contributed by atoms with Crippen molar-refractivity contribution >= 4 is 17.5 Å². The highest BCUT2D eigenvalue weighted by Gasteiger charge is 2.37. The molecule has 6 nitrogen and oxygen atoms in total.